The lowest BCUT2D eigenvalue weighted by molar-refractivity contribution is 0.542. The highest BCUT2D eigenvalue weighted by Gasteiger charge is 1.90. The van der Waals surface area contributed by atoms with E-state index in [9.17, 15) is 4.79 Å². The molecule has 19 heavy (non-hydrogen) atoms. The molecule has 0 amide bonds. The van der Waals surface area contributed by atoms with Crippen LogP contribution in [0.15, 0.2) is 0 Å². The molecule has 0 aromatic heterocycles. The number of hydrogen-bond acceptors (Lipinski definition) is 1. The van der Waals surface area contributed by atoms with Gasteiger partial charge in [0.15, 0.2) is 6.29 Å². The monoisotopic (exact) mass is 263 g/mol. The van der Waals surface area contributed by atoms with Crippen molar-refractivity contribution in [3.63, 3.8) is 0 Å². The van der Waals surface area contributed by atoms with Crippen LogP contribution in [0.3, 0.4) is 0 Å². The molecule has 0 heterocycles. The summed E-state index contributed by atoms with van der Waals surface area (Å²) in [7, 11) is 0. The Morgan fingerprint density at radius 3 is 1.47 bits per heavy atom. The summed E-state index contributed by atoms with van der Waals surface area (Å²) in [5.74, 6) is 6.56. The van der Waals surface area contributed by atoms with Gasteiger partial charge < -0.3 is 0 Å². The van der Waals surface area contributed by atoms with Gasteiger partial charge in [-0.3, -0.25) is 4.79 Å². The Morgan fingerprint density at radius 1 is 0.579 bits per heavy atom. The molecule has 0 fully saturated rings. The van der Waals surface area contributed by atoms with E-state index >= 15 is 0 Å². The summed E-state index contributed by atoms with van der Waals surface area (Å²) >= 11 is 0. The van der Waals surface area contributed by atoms with E-state index in [1.165, 1.54) is 64.2 Å². The second-order valence-electron chi connectivity index (χ2n) is 5.28. The molecule has 0 saturated heterocycles. The molecule has 0 rings (SSSR count). The van der Waals surface area contributed by atoms with Gasteiger partial charge in [0, 0.05) is 19.3 Å². The fourth-order valence-electron chi connectivity index (χ4n) is 2.11. The van der Waals surface area contributed by atoms with Crippen molar-refractivity contribution in [2.24, 2.45) is 0 Å². The Hall–Kier alpha value is -0.770. The third-order valence-electron chi connectivity index (χ3n) is 3.36. The molecule has 0 N–H and O–H groups in total. The Labute approximate surface area is 120 Å². The van der Waals surface area contributed by atoms with Gasteiger partial charge >= 0.3 is 0 Å². The molecule has 0 bridgehead atoms. The van der Waals surface area contributed by atoms with Crippen LogP contribution in [-0.4, -0.2) is 6.29 Å². The third kappa shape index (κ3) is 17.2. The SMILES string of the molecule is CCCCCCCCC#CCCCCCCC[C]=O. The number of hydrogen-bond donors (Lipinski definition) is 0. The average molecular weight is 263 g/mol. The van der Waals surface area contributed by atoms with Gasteiger partial charge in [-0.25, -0.2) is 0 Å². The quantitative estimate of drug-likeness (QED) is 0.313. The summed E-state index contributed by atoms with van der Waals surface area (Å²) < 4.78 is 0. The maximum absolute atomic E-state index is 10.00. The van der Waals surface area contributed by atoms with Crippen LogP contribution in [0.4, 0.5) is 0 Å². The lowest BCUT2D eigenvalue weighted by Gasteiger charge is -1.97. The predicted octanol–water partition coefficient (Wildman–Crippen LogP) is 5.58. The van der Waals surface area contributed by atoms with Crippen LogP contribution in [0.2, 0.25) is 0 Å². The molecule has 0 aromatic rings. The highest BCUT2D eigenvalue weighted by Crippen LogP contribution is 2.07. The van der Waals surface area contributed by atoms with Crippen molar-refractivity contribution in [3.8, 4) is 11.8 Å². The molecule has 0 aliphatic carbocycles. The molecule has 1 radical (unpaired) electrons. The van der Waals surface area contributed by atoms with Crippen molar-refractivity contribution in [3.05, 3.63) is 0 Å². The standard InChI is InChI=1S/C18H31O/c1-2-3-4-5-6-7-8-9-10-11-12-13-14-15-16-17-18-19/h2-8,11-17H2,1H3. The van der Waals surface area contributed by atoms with Gasteiger partial charge in [0.2, 0.25) is 0 Å². The zero-order valence-corrected chi connectivity index (χ0v) is 12.8. The number of carbonyl (C=O) groups excluding carboxylic acids is 1. The Balaban J connectivity index is 3.07. The maximum atomic E-state index is 10.00. The van der Waals surface area contributed by atoms with Gasteiger partial charge in [-0.1, -0.05) is 58.3 Å². The molecule has 0 aliphatic rings. The van der Waals surface area contributed by atoms with Crippen molar-refractivity contribution in [2.75, 3.05) is 0 Å². The highest BCUT2D eigenvalue weighted by molar-refractivity contribution is 5.50. The maximum Gasteiger partial charge on any atom is 0.198 e. The zero-order chi connectivity index (χ0) is 14.0. The van der Waals surface area contributed by atoms with E-state index in [1.807, 2.05) is 6.29 Å². The summed E-state index contributed by atoms with van der Waals surface area (Å²) in [4.78, 5) is 10.00. The molecule has 0 spiro atoms. The Morgan fingerprint density at radius 2 is 1.00 bits per heavy atom. The van der Waals surface area contributed by atoms with Gasteiger partial charge in [-0.15, -0.1) is 11.8 Å². The molecule has 109 valence electrons. The van der Waals surface area contributed by atoms with Crippen LogP contribution < -0.4 is 0 Å². The van der Waals surface area contributed by atoms with Crippen molar-refractivity contribution in [2.45, 2.75) is 96.8 Å². The molecule has 1 nitrogen and oxygen atoms in total. The summed E-state index contributed by atoms with van der Waals surface area (Å²) in [6, 6.07) is 0. The molecule has 0 aliphatic heterocycles. The fourth-order valence-corrected chi connectivity index (χ4v) is 2.11. The topological polar surface area (TPSA) is 17.1 Å². The second-order valence-corrected chi connectivity index (χ2v) is 5.28. The first-order valence-corrected chi connectivity index (χ1v) is 8.22. The normalized spacial score (nSPS) is 9.95. The van der Waals surface area contributed by atoms with Crippen LogP contribution in [0.25, 0.3) is 0 Å². The summed E-state index contributed by atoms with van der Waals surface area (Å²) in [5.41, 5.74) is 0. The molecular formula is C18H31O. The van der Waals surface area contributed by atoms with Crippen LogP contribution in [-0.2, 0) is 4.79 Å². The van der Waals surface area contributed by atoms with Gasteiger partial charge in [0.05, 0.1) is 0 Å². The van der Waals surface area contributed by atoms with Gasteiger partial charge in [-0.2, -0.15) is 0 Å². The molecule has 0 atom stereocenters. The van der Waals surface area contributed by atoms with Crippen molar-refractivity contribution >= 4 is 6.29 Å². The number of rotatable bonds is 13. The predicted molar refractivity (Wildman–Crippen MR) is 83.8 cm³/mol. The summed E-state index contributed by atoms with van der Waals surface area (Å²) in [5, 5.41) is 0. The van der Waals surface area contributed by atoms with E-state index in [0.717, 1.165) is 19.3 Å². The van der Waals surface area contributed by atoms with Gasteiger partial charge in [0.25, 0.3) is 0 Å². The Kier molecular flexibility index (Phi) is 16.5. The lowest BCUT2D eigenvalue weighted by atomic mass is 10.1. The first-order valence-electron chi connectivity index (χ1n) is 8.22. The van der Waals surface area contributed by atoms with E-state index in [2.05, 4.69) is 18.8 Å². The van der Waals surface area contributed by atoms with E-state index in [4.69, 9.17) is 0 Å². The third-order valence-corrected chi connectivity index (χ3v) is 3.36. The fraction of sp³-hybridized carbons (Fsp3) is 0.833. The van der Waals surface area contributed by atoms with Crippen molar-refractivity contribution in [1.82, 2.24) is 0 Å². The van der Waals surface area contributed by atoms with E-state index in [0.29, 0.717) is 6.42 Å². The van der Waals surface area contributed by atoms with Crippen LogP contribution in [0.1, 0.15) is 96.8 Å². The zero-order valence-electron chi connectivity index (χ0n) is 12.8. The Bertz CT molecular complexity index is 234. The minimum absolute atomic E-state index is 0.609. The van der Waals surface area contributed by atoms with Crippen molar-refractivity contribution in [1.29, 1.82) is 0 Å². The largest absolute Gasteiger partial charge is 0.291 e. The minimum atomic E-state index is 0.609. The molecule has 1 heteroatoms. The molecule has 0 saturated carbocycles. The van der Waals surface area contributed by atoms with E-state index in [-0.39, 0.29) is 0 Å². The van der Waals surface area contributed by atoms with E-state index < -0.39 is 0 Å². The molecular weight excluding hydrogens is 232 g/mol. The minimum Gasteiger partial charge on any atom is -0.291 e. The second kappa shape index (κ2) is 17.2. The highest BCUT2D eigenvalue weighted by atomic mass is 16.1. The molecule has 0 unspecified atom stereocenters. The first kappa shape index (κ1) is 18.2. The van der Waals surface area contributed by atoms with Crippen LogP contribution >= 0.6 is 0 Å². The smallest absolute Gasteiger partial charge is 0.198 e. The van der Waals surface area contributed by atoms with Gasteiger partial charge in [-0.05, 0) is 19.3 Å². The lowest BCUT2D eigenvalue weighted by Crippen LogP contribution is -1.80. The first-order chi connectivity index (χ1) is 9.41. The van der Waals surface area contributed by atoms with Crippen LogP contribution in [0, 0.1) is 11.8 Å². The van der Waals surface area contributed by atoms with Crippen LogP contribution in [0.5, 0.6) is 0 Å². The summed E-state index contributed by atoms with van der Waals surface area (Å²) in [6.45, 7) is 2.26. The summed E-state index contributed by atoms with van der Waals surface area (Å²) in [6.07, 6.45) is 18.7. The van der Waals surface area contributed by atoms with Crippen molar-refractivity contribution < 1.29 is 4.79 Å². The molecule has 0 aromatic carbocycles. The average Bonchev–Trinajstić information content (AvgIpc) is 2.43. The number of unbranched alkanes of at least 4 members (excludes halogenated alkanes) is 12. The van der Waals surface area contributed by atoms with Gasteiger partial charge in [0.1, 0.15) is 0 Å². The van der Waals surface area contributed by atoms with E-state index in [1.54, 1.807) is 0 Å².